The molecule has 0 aliphatic carbocycles. The number of hydrogen-bond acceptors (Lipinski definition) is 5. The summed E-state index contributed by atoms with van der Waals surface area (Å²) >= 11 is 0. The van der Waals surface area contributed by atoms with E-state index in [0.29, 0.717) is 11.1 Å². The lowest BCUT2D eigenvalue weighted by Gasteiger charge is -2.25. The van der Waals surface area contributed by atoms with Crippen LogP contribution in [-0.4, -0.2) is 49.0 Å². The van der Waals surface area contributed by atoms with Crippen molar-refractivity contribution in [1.82, 2.24) is 4.31 Å². The van der Waals surface area contributed by atoms with Gasteiger partial charge in [0.05, 0.1) is 10.5 Å². The number of ether oxygens (including phenoxy) is 1. The highest BCUT2D eigenvalue weighted by Crippen LogP contribution is 2.19. The molecule has 0 amide bonds. The largest absolute Gasteiger partial charge is 0.480 e. The molecule has 0 fully saturated rings. The molecule has 0 radical (unpaired) electrons. The van der Waals surface area contributed by atoms with Gasteiger partial charge < -0.3 is 9.84 Å². The molecule has 0 saturated heterocycles. The predicted octanol–water partition coefficient (Wildman–Crippen LogP) is 3.72. The van der Waals surface area contributed by atoms with Gasteiger partial charge in [-0.05, 0) is 62.4 Å². The molecule has 3 aromatic carbocycles. The van der Waals surface area contributed by atoms with Crippen LogP contribution in [0.4, 0.5) is 0 Å². The smallest absolute Gasteiger partial charge is 0.338 e. The number of carbonyl (C=O) groups excluding carboxylic acids is 1. The Morgan fingerprint density at radius 2 is 1.46 bits per heavy atom. The second kappa shape index (κ2) is 11.5. The van der Waals surface area contributed by atoms with Crippen LogP contribution in [0.5, 0.6) is 0 Å². The minimum Gasteiger partial charge on any atom is -0.480 e. The Kier molecular flexibility index (Phi) is 8.42. The van der Waals surface area contributed by atoms with E-state index in [0.717, 1.165) is 15.4 Å². The lowest BCUT2D eigenvalue weighted by molar-refractivity contribution is -0.140. The van der Waals surface area contributed by atoms with Gasteiger partial charge in [0.15, 0.2) is 0 Å². The average molecular weight is 492 g/mol. The fraction of sp³-hybridized carbons (Fsp3) is 0.185. The maximum atomic E-state index is 13.2. The molecule has 0 heterocycles. The Labute approximate surface area is 205 Å². The van der Waals surface area contributed by atoms with Gasteiger partial charge in [-0.15, -0.1) is 0 Å². The summed E-state index contributed by atoms with van der Waals surface area (Å²) in [6, 6.07) is 20.5. The van der Waals surface area contributed by atoms with Gasteiger partial charge in [0.2, 0.25) is 10.0 Å². The number of carbonyl (C=O) groups is 2. The highest BCUT2D eigenvalue weighted by molar-refractivity contribution is 7.89. The van der Waals surface area contributed by atoms with E-state index in [-0.39, 0.29) is 18.0 Å². The zero-order valence-electron chi connectivity index (χ0n) is 19.3. The highest BCUT2D eigenvalue weighted by atomic mass is 32.2. The molecular weight excluding hydrogens is 466 g/mol. The van der Waals surface area contributed by atoms with Crippen LogP contribution >= 0.6 is 0 Å². The number of rotatable bonds is 8. The van der Waals surface area contributed by atoms with E-state index in [1.54, 1.807) is 42.5 Å². The normalized spacial score (nSPS) is 11.9. The minimum atomic E-state index is -4.18. The van der Waals surface area contributed by atoms with Crippen LogP contribution in [0, 0.1) is 18.8 Å². The maximum Gasteiger partial charge on any atom is 0.338 e. The summed E-state index contributed by atoms with van der Waals surface area (Å²) in [7, 11) is -4.18. The lowest BCUT2D eigenvalue weighted by Crippen LogP contribution is -2.45. The van der Waals surface area contributed by atoms with Crippen LogP contribution in [0.25, 0.3) is 0 Å². The summed E-state index contributed by atoms with van der Waals surface area (Å²) in [5.41, 5.74) is 2.88. The van der Waals surface area contributed by atoms with Crippen LogP contribution in [0.3, 0.4) is 0 Å². The Hall–Kier alpha value is -3.93. The first-order chi connectivity index (χ1) is 16.7. The van der Waals surface area contributed by atoms with Crippen molar-refractivity contribution in [3.63, 3.8) is 0 Å². The SMILES string of the molecule is Cc1ccc(C#Cc2ccc(S(=O)(=O)N(CCOC(=O)c3ccccc3)[C@H](C)C(=O)O)cc2)cc1. The molecule has 0 aliphatic rings. The third-order valence-corrected chi connectivity index (χ3v) is 7.19. The number of benzene rings is 3. The zero-order valence-corrected chi connectivity index (χ0v) is 20.2. The van der Waals surface area contributed by atoms with Crippen molar-refractivity contribution in [3.8, 4) is 11.8 Å². The monoisotopic (exact) mass is 491 g/mol. The Morgan fingerprint density at radius 1 is 0.914 bits per heavy atom. The van der Waals surface area contributed by atoms with E-state index in [1.165, 1.54) is 19.1 Å². The molecular formula is C27H25NO6S. The average Bonchev–Trinajstić information content (AvgIpc) is 2.86. The fourth-order valence-electron chi connectivity index (χ4n) is 3.16. The second-order valence-electron chi connectivity index (χ2n) is 7.77. The van der Waals surface area contributed by atoms with E-state index in [1.807, 2.05) is 31.2 Å². The molecule has 1 atom stereocenters. The number of sulfonamides is 1. The molecule has 1 N–H and O–H groups in total. The van der Waals surface area contributed by atoms with Crippen LogP contribution in [0.15, 0.2) is 83.8 Å². The van der Waals surface area contributed by atoms with E-state index < -0.39 is 28.0 Å². The quantitative estimate of drug-likeness (QED) is 0.381. The zero-order chi connectivity index (χ0) is 25.4. The van der Waals surface area contributed by atoms with Crippen LogP contribution in [0.2, 0.25) is 0 Å². The molecule has 35 heavy (non-hydrogen) atoms. The van der Waals surface area contributed by atoms with Crippen molar-refractivity contribution < 1.29 is 27.9 Å². The molecule has 3 rings (SSSR count). The third kappa shape index (κ3) is 6.79. The number of esters is 1. The van der Waals surface area contributed by atoms with Gasteiger partial charge >= 0.3 is 11.9 Å². The summed E-state index contributed by atoms with van der Waals surface area (Å²) in [6.45, 7) is 2.63. The number of aryl methyl sites for hydroxylation is 1. The van der Waals surface area contributed by atoms with Gasteiger partial charge in [0.1, 0.15) is 12.6 Å². The van der Waals surface area contributed by atoms with Crippen molar-refractivity contribution >= 4 is 22.0 Å². The fourth-order valence-corrected chi connectivity index (χ4v) is 4.73. The van der Waals surface area contributed by atoms with Gasteiger partial charge in [0.25, 0.3) is 0 Å². The van der Waals surface area contributed by atoms with Gasteiger partial charge in [-0.3, -0.25) is 4.79 Å². The van der Waals surface area contributed by atoms with Crippen LogP contribution in [0.1, 0.15) is 34.0 Å². The van der Waals surface area contributed by atoms with Gasteiger partial charge in [-0.25, -0.2) is 13.2 Å². The molecule has 180 valence electrons. The second-order valence-corrected chi connectivity index (χ2v) is 9.66. The topological polar surface area (TPSA) is 101 Å². The van der Waals surface area contributed by atoms with Crippen LogP contribution in [-0.2, 0) is 19.6 Å². The summed E-state index contributed by atoms with van der Waals surface area (Å²) in [5, 5.41) is 9.46. The van der Waals surface area contributed by atoms with Crippen molar-refractivity contribution in [2.24, 2.45) is 0 Å². The van der Waals surface area contributed by atoms with Crippen molar-refractivity contribution in [2.45, 2.75) is 24.8 Å². The first kappa shape index (κ1) is 25.7. The van der Waals surface area contributed by atoms with E-state index >= 15 is 0 Å². The first-order valence-electron chi connectivity index (χ1n) is 10.8. The molecule has 7 nitrogen and oxygen atoms in total. The molecule has 0 bridgehead atoms. The number of nitrogens with zero attached hydrogens (tertiary/aromatic N) is 1. The van der Waals surface area contributed by atoms with Crippen LogP contribution < -0.4 is 0 Å². The maximum absolute atomic E-state index is 13.2. The predicted molar refractivity (Wildman–Crippen MR) is 131 cm³/mol. The summed E-state index contributed by atoms with van der Waals surface area (Å²) in [5.74, 6) is 4.06. The Morgan fingerprint density at radius 3 is 2.00 bits per heavy atom. The molecule has 0 aromatic heterocycles. The third-order valence-electron chi connectivity index (χ3n) is 5.21. The highest BCUT2D eigenvalue weighted by Gasteiger charge is 2.33. The standard InChI is InChI=1S/C27H25NO6S/c1-20-8-10-22(11-9-20)12-13-23-14-16-25(17-15-23)35(32,33)28(21(2)26(29)30)18-19-34-27(31)24-6-4-3-5-7-24/h3-11,14-17,21H,18-19H2,1-2H3,(H,29,30)/t21-/m1/s1. The van der Waals surface area contributed by atoms with E-state index in [2.05, 4.69) is 11.8 Å². The molecule has 0 aliphatic heterocycles. The van der Waals surface area contributed by atoms with Gasteiger partial charge in [-0.1, -0.05) is 47.7 Å². The van der Waals surface area contributed by atoms with Crippen molar-refractivity contribution in [3.05, 3.63) is 101 Å². The van der Waals surface area contributed by atoms with Crippen molar-refractivity contribution in [1.29, 1.82) is 0 Å². The number of carboxylic acid groups (broad SMARTS) is 1. The summed E-state index contributed by atoms with van der Waals surface area (Å²) in [6.07, 6.45) is 0. The molecule has 0 unspecified atom stereocenters. The van der Waals surface area contributed by atoms with Gasteiger partial charge in [0, 0.05) is 17.7 Å². The van der Waals surface area contributed by atoms with Gasteiger partial charge in [-0.2, -0.15) is 4.31 Å². The first-order valence-corrected chi connectivity index (χ1v) is 12.3. The number of aliphatic carboxylic acids is 1. The minimum absolute atomic E-state index is 0.0825. The lowest BCUT2D eigenvalue weighted by atomic mass is 10.1. The number of hydrogen-bond donors (Lipinski definition) is 1. The molecule has 8 heteroatoms. The Balaban J connectivity index is 1.75. The number of carboxylic acids is 1. The molecule has 3 aromatic rings. The van der Waals surface area contributed by atoms with E-state index in [4.69, 9.17) is 4.74 Å². The Bertz CT molecular complexity index is 1340. The molecule has 0 saturated carbocycles. The summed E-state index contributed by atoms with van der Waals surface area (Å²) < 4.78 is 32.4. The summed E-state index contributed by atoms with van der Waals surface area (Å²) in [4.78, 5) is 23.7. The van der Waals surface area contributed by atoms with E-state index in [9.17, 15) is 23.1 Å². The van der Waals surface area contributed by atoms with Crippen molar-refractivity contribution in [2.75, 3.05) is 13.2 Å². The molecule has 0 spiro atoms.